The summed E-state index contributed by atoms with van der Waals surface area (Å²) >= 11 is 1.70. The van der Waals surface area contributed by atoms with Crippen molar-refractivity contribution in [2.75, 3.05) is 18.4 Å². The van der Waals surface area contributed by atoms with Crippen molar-refractivity contribution in [1.82, 2.24) is 9.88 Å². The van der Waals surface area contributed by atoms with Gasteiger partial charge in [0.1, 0.15) is 5.82 Å². The van der Waals surface area contributed by atoms with Crippen molar-refractivity contribution in [2.24, 2.45) is 0 Å². The molecule has 2 heterocycles. The maximum atomic E-state index is 12.9. The molecule has 3 rings (SSSR count). The van der Waals surface area contributed by atoms with Gasteiger partial charge in [-0.15, -0.1) is 11.3 Å². The highest BCUT2D eigenvalue weighted by Gasteiger charge is 2.25. The van der Waals surface area contributed by atoms with Gasteiger partial charge in [0.05, 0.1) is 5.01 Å². The number of nitrogens with one attached hydrogen (secondary N) is 1. The fourth-order valence-electron chi connectivity index (χ4n) is 2.62. The quantitative estimate of drug-likeness (QED) is 0.909. The van der Waals surface area contributed by atoms with Crippen LogP contribution in [-0.2, 0) is 0 Å². The minimum atomic E-state index is -0.308. The van der Waals surface area contributed by atoms with Gasteiger partial charge in [0.25, 0.3) is 0 Å². The number of anilines is 1. The van der Waals surface area contributed by atoms with E-state index in [1.54, 1.807) is 28.4 Å². The predicted molar refractivity (Wildman–Crippen MR) is 85.8 cm³/mol. The van der Waals surface area contributed by atoms with Crippen LogP contribution in [0.3, 0.4) is 0 Å². The monoisotopic (exact) mass is 319 g/mol. The lowest BCUT2D eigenvalue weighted by Crippen LogP contribution is -2.40. The van der Waals surface area contributed by atoms with E-state index in [-0.39, 0.29) is 11.8 Å². The van der Waals surface area contributed by atoms with E-state index in [0.29, 0.717) is 11.6 Å². The Bertz CT molecular complexity index is 648. The number of likely N-dealkylation sites (tertiary alicyclic amines) is 1. The normalized spacial score (nSPS) is 15.8. The molecule has 2 aromatic rings. The molecule has 0 bridgehead atoms. The molecule has 0 atom stereocenters. The molecule has 0 aliphatic carbocycles. The molecule has 6 heteroatoms. The van der Waals surface area contributed by atoms with E-state index < -0.39 is 0 Å². The molecule has 22 heavy (non-hydrogen) atoms. The number of urea groups is 1. The highest BCUT2D eigenvalue weighted by atomic mass is 32.1. The number of piperidine rings is 1. The van der Waals surface area contributed by atoms with Crippen molar-refractivity contribution in [2.45, 2.75) is 25.7 Å². The average molecular weight is 319 g/mol. The Morgan fingerprint density at radius 3 is 2.59 bits per heavy atom. The van der Waals surface area contributed by atoms with Crippen molar-refractivity contribution in [3.05, 3.63) is 46.2 Å². The van der Waals surface area contributed by atoms with Gasteiger partial charge in [0, 0.05) is 35.8 Å². The standard InChI is InChI=1S/C16H18FN3OS/c1-11-10-22-15(18-11)12-6-8-20(9-7-12)16(21)19-14-4-2-13(17)3-5-14/h2-5,10,12H,6-9H2,1H3,(H,19,21). The molecule has 0 radical (unpaired) electrons. The number of nitrogens with zero attached hydrogens (tertiary/aromatic N) is 2. The summed E-state index contributed by atoms with van der Waals surface area (Å²) in [5.74, 6) is 0.145. The molecule has 0 spiro atoms. The van der Waals surface area contributed by atoms with Crippen LogP contribution >= 0.6 is 11.3 Å². The van der Waals surface area contributed by atoms with Gasteiger partial charge in [-0.1, -0.05) is 0 Å². The lowest BCUT2D eigenvalue weighted by Gasteiger charge is -2.31. The van der Waals surface area contributed by atoms with Gasteiger partial charge < -0.3 is 10.2 Å². The Hall–Kier alpha value is -1.95. The maximum Gasteiger partial charge on any atom is 0.321 e. The second-order valence-corrected chi connectivity index (χ2v) is 6.42. The fraction of sp³-hybridized carbons (Fsp3) is 0.375. The number of benzene rings is 1. The molecule has 1 N–H and O–H groups in total. The molecule has 116 valence electrons. The van der Waals surface area contributed by atoms with E-state index in [2.05, 4.69) is 15.7 Å². The molecular weight excluding hydrogens is 301 g/mol. The summed E-state index contributed by atoms with van der Waals surface area (Å²) in [7, 11) is 0. The molecule has 1 fully saturated rings. The van der Waals surface area contributed by atoms with Crippen LogP contribution in [0.1, 0.15) is 29.5 Å². The molecule has 1 aliphatic rings. The first-order valence-corrected chi connectivity index (χ1v) is 8.23. The molecule has 1 aromatic carbocycles. The zero-order valence-electron chi connectivity index (χ0n) is 12.4. The minimum Gasteiger partial charge on any atom is -0.324 e. The van der Waals surface area contributed by atoms with Crippen molar-refractivity contribution in [3.8, 4) is 0 Å². The van der Waals surface area contributed by atoms with Crippen LogP contribution in [-0.4, -0.2) is 29.0 Å². The Labute approximate surface area is 133 Å². The zero-order valence-corrected chi connectivity index (χ0v) is 13.2. The maximum absolute atomic E-state index is 12.9. The first-order valence-electron chi connectivity index (χ1n) is 7.35. The molecule has 0 saturated carbocycles. The number of halogens is 1. The Kier molecular flexibility index (Phi) is 4.38. The van der Waals surface area contributed by atoms with Gasteiger partial charge in [0.15, 0.2) is 0 Å². The summed E-state index contributed by atoms with van der Waals surface area (Å²) < 4.78 is 12.9. The van der Waals surface area contributed by atoms with E-state index in [1.807, 2.05) is 6.92 Å². The molecule has 1 aromatic heterocycles. The number of carbonyl (C=O) groups is 1. The second-order valence-electron chi connectivity index (χ2n) is 5.53. The topological polar surface area (TPSA) is 45.2 Å². The molecule has 2 amide bonds. The Balaban J connectivity index is 1.54. The summed E-state index contributed by atoms with van der Waals surface area (Å²) in [6.45, 7) is 3.44. The largest absolute Gasteiger partial charge is 0.324 e. The van der Waals surface area contributed by atoms with Gasteiger partial charge in [-0.05, 0) is 44.0 Å². The average Bonchev–Trinajstić information content (AvgIpc) is 2.96. The molecule has 1 aliphatic heterocycles. The van der Waals surface area contributed by atoms with E-state index in [0.717, 1.165) is 31.6 Å². The van der Waals surface area contributed by atoms with Crippen molar-refractivity contribution in [3.63, 3.8) is 0 Å². The second kappa shape index (κ2) is 6.44. The fourth-order valence-corrected chi connectivity index (χ4v) is 3.59. The van der Waals surface area contributed by atoms with Gasteiger partial charge in [-0.2, -0.15) is 0 Å². The van der Waals surface area contributed by atoms with Crippen LogP contribution in [0.5, 0.6) is 0 Å². The van der Waals surface area contributed by atoms with Gasteiger partial charge in [0.2, 0.25) is 0 Å². The Morgan fingerprint density at radius 2 is 2.00 bits per heavy atom. The summed E-state index contributed by atoms with van der Waals surface area (Å²) in [5, 5.41) is 6.05. The summed E-state index contributed by atoms with van der Waals surface area (Å²) in [6.07, 6.45) is 1.87. The molecule has 1 saturated heterocycles. The predicted octanol–water partition coefficient (Wildman–Crippen LogP) is 4.00. The molecule has 4 nitrogen and oxygen atoms in total. The SMILES string of the molecule is Cc1csc(C2CCN(C(=O)Nc3ccc(F)cc3)CC2)n1. The Morgan fingerprint density at radius 1 is 1.32 bits per heavy atom. The minimum absolute atomic E-state index is 0.125. The first-order chi connectivity index (χ1) is 10.6. The number of thiazole rings is 1. The van der Waals surface area contributed by atoms with E-state index in [1.165, 1.54) is 17.1 Å². The van der Waals surface area contributed by atoms with Crippen LogP contribution in [0.4, 0.5) is 14.9 Å². The summed E-state index contributed by atoms with van der Waals surface area (Å²) in [6, 6.07) is 5.69. The van der Waals surface area contributed by atoms with Crippen molar-refractivity contribution in [1.29, 1.82) is 0 Å². The third-order valence-corrected chi connectivity index (χ3v) is 4.99. The van der Waals surface area contributed by atoms with E-state index in [9.17, 15) is 9.18 Å². The van der Waals surface area contributed by atoms with E-state index in [4.69, 9.17) is 0 Å². The van der Waals surface area contributed by atoms with Crippen LogP contribution in [0, 0.1) is 12.7 Å². The summed E-state index contributed by atoms with van der Waals surface area (Å²) in [5.41, 5.74) is 1.68. The molecule has 0 unspecified atom stereocenters. The van der Waals surface area contributed by atoms with Crippen molar-refractivity contribution >= 4 is 23.1 Å². The third kappa shape index (κ3) is 3.44. The number of rotatable bonds is 2. The summed E-state index contributed by atoms with van der Waals surface area (Å²) in [4.78, 5) is 18.6. The smallest absolute Gasteiger partial charge is 0.321 e. The number of aryl methyl sites for hydroxylation is 1. The molecular formula is C16H18FN3OS. The lowest BCUT2D eigenvalue weighted by molar-refractivity contribution is 0.194. The highest BCUT2D eigenvalue weighted by Crippen LogP contribution is 2.30. The lowest BCUT2D eigenvalue weighted by atomic mass is 9.98. The van der Waals surface area contributed by atoms with Crippen molar-refractivity contribution < 1.29 is 9.18 Å². The number of amides is 2. The van der Waals surface area contributed by atoms with Crippen LogP contribution in [0.15, 0.2) is 29.6 Å². The van der Waals surface area contributed by atoms with Gasteiger partial charge in [-0.25, -0.2) is 14.2 Å². The highest BCUT2D eigenvalue weighted by molar-refractivity contribution is 7.09. The number of hydrogen-bond acceptors (Lipinski definition) is 3. The number of aromatic nitrogens is 1. The van der Waals surface area contributed by atoms with Crippen LogP contribution in [0.2, 0.25) is 0 Å². The van der Waals surface area contributed by atoms with Gasteiger partial charge in [-0.3, -0.25) is 0 Å². The van der Waals surface area contributed by atoms with Crippen LogP contribution < -0.4 is 5.32 Å². The number of carbonyl (C=O) groups excluding carboxylic acids is 1. The first kappa shape index (κ1) is 15.0. The van der Waals surface area contributed by atoms with E-state index >= 15 is 0 Å². The third-order valence-electron chi connectivity index (χ3n) is 3.86. The van der Waals surface area contributed by atoms with Crippen LogP contribution in [0.25, 0.3) is 0 Å². The number of hydrogen-bond donors (Lipinski definition) is 1. The van der Waals surface area contributed by atoms with Gasteiger partial charge >= 0.3 is 6.03 Å². The zero-order chi connectivity index (χ0) is 15.5.